The average Bonchev–Trinajstić information content (AvgIpc) is 2.01. The topological polar surface area (TPSA) is 34.1 Å². The van der Waals surface area contributed by atoms with Gasteiger partial charge in [0.25, 0.3) is 0 Å². The summed E-state index contributed by atoms with van der Waals surface area (Å²) in [5, 5.41) is -0.981. The number of hydrogen-bond acceptors (Lipinski definition) is 2. The van der Waals surface area contributed by atoms with Crippen LogP contribution in [0.3, 0.4) is 0 Å². The van der Waals surface area contributed by atoms with E-state index in [4.69, 9.17) is 0 Å². The molecule has 64 valence electrons. The zero-order valence-corrected chi connectivity index (χ0v) is 7.76. The van der Waals surface area contributed by atoms with Crippen molar-refractivity contribution >= 4 is 9.84 Å². The minimum Gasteiger partial charge on any atom is -0.228 e. The molecule has 0 heterocycles. The van der Waals surface area contributed by atoms with Crippen LogP contribution in [0.15, 0.2) is 25.3 Å². The van der Waals surface area contributed by atoms with Crippen LogP contribution in [-0.2, 0) is 9.84 Å². The second kappa shape index (κ2) is 3.72. The Hall–Kier alpha value is -0.570. The fourth-order valence-corrected chi connectivity index (χ4v) is 1.82. The molecule has 0 saturated carbocycles. The minimum absolute atomic E-state index is 0.490. The fourth-order valence-electron chi connectivity index (χ4n) is 0.607. The molecule has 0 aliphatic rings. The molecule has 2 atom stereocenters. The highest BCUT2D eigenvalue weighted by Crippen LogP contribution is 2.10. The van der Waals surface area contributed by atoms with Crippen LogP contribution in [0.1, 0.15) is 13.8 Å². The van der Waals surface area contributed by atoms with E-state index in [1.165, 1.54) is 12.2 Å². The van der Waals surface area contributed by atoms with Gasteiger partial charge in [0.05, 0.1) is 10.5 Å². The first-order chi connectivity index (χ1) is 4.96. The normalized spacial score (nSPS) is 16.9. The average molecular weight is 174 g/mol. The second-order valence-corrected chi connectivity index (χ2v) is 5.14. The van der Waals surface area contributed by atoms with Gasteiger partial charge >= 0.3 is 0 Å². The summed E-state index contributed by atoms with van der Waals surface area (Å²) < 4.78 is 22.7. The molecule has 0 spiro atoms. The number of sulfone groups is 1. The molecule has 0 aliphatic carbocycles. The van der Waals surface area contributed by atoms with Crippen LogP contribution in [-0.4, -0.2) is 18.9 Å². The van der Waals surface area contributed by atoms with Crippen molar-refractivity contribution in [3.63, 3.8) is 0 Å². The highest BCUT2D eigenvalue weighted by Gasteiger charge is 2.22. The summed E-state index contributed by atoms with van der Waals surface area (Å²) in [5.74, 6) is 0. The van der Waals surface area contributed by atoms with Crippen LogP contribution < -0.4 is 0 Å². The highest BCUT2D eigenvalue weighted by molar-refractivity contribution is 7.92. The van der Waals surface area contributed by atoms with Crippen molar-refractivity contribution in [1.29, 1.82) is 0 Å². The lowest BCUT2D eigenvalue weighted by Crippen LogP contribution is -2.24. The molecule has 3 heteroatoms. The van der Waals surface area contributed by atoms with Crippen molar-refractivity contribution < 1.29 is 8.42 Å². The van der Waals surface area contributed by atoms with Crippen molar-refractivity contribution in [2.24, 2.45) is 0 Å². The van der Waals surface area contributed by atoms with Crippen LogP contribution in [0.4, 0.5) is 0 Å². The number of hydrogen-bond donors (Lipinski definition) is 0. The standard InChI is InChI=1S/C8H14O2S/c1-5-7(3)11(9,10)8(4)6-2/h5-8H,1-2H2,3-4H3. The molecule has 0 aromatic rings. The summed E-state index contributed by atoms with van der Waals surface area (Å²) in [6, 6.07) is 0. The lowest BCUT2D eigenvalue weighted by Gasteiger charge is -2.11. The Morgan fingerprint density at radius 2 is 1.36 bits per heavy atom. The van der Waals surface area contributed by atoms with E-state index in [1.54, 1.807) is 13.8 Å². The predicted molar refractivity (Wildman–Crippen MR) is 48.2 cm³/mol. The zero-order valence-electron chi connectivity index (χ0n) is 6.95. The Balaban J connectivity index is 4.73. The molecule has 0 amide bonds. The summed E-state index contributed by atoms with van der Waals surface area (Å²) in [6.45, 7) is 10.1. The van der Waals surface area contributed by atoms with Gasteiger partial charge in [0.15, 0.2) is 9.84 Å². The molecule has 0 radical (unpaired) electrons. The second-order valence-electron chi connectivity index (χ2n) is 2.47. The fraction of sp³-hybridized carbons (Fsp3) is 0.500. The maximum absolute atomic E-state index is 11.4. The van der Waals surface area contributed by atoms with Gasteiger partial charge in [0, 0.05) is 0 Å². The Morgan fingerprint density at radius 1 is 1.09 bits per heavy atom. The van der Waals surface area contributed by atoms with E-state index in [0.29, 0.717) is 0 Å². The predicted octanol–water partition coefficient (Wildman–Crippen LogP) is 1.55. The van der Waals surface area contributed by atoms with Gasteiger partial charge in [-0.05, 0) is 13.8 Å². The summed E-state index contributed by atoms with van der Waals surface area (Å²) in [5.41, 5.74) is 0. The van der Waals surface area contributed by atoms with Gasteiger partial charge in [0.2, 0.25) is 0 Å². The Kier molecular flexibility index (Phi) is 3.52. The van der Waals surface area contributed by atoms with Crippen molar-refractivity contribution in [2.45, 2.75) is 24.3 Å². The summed E-state index contributed by atoms with van der Waals surface area (Å²) >= 11 is 0. The first-order valence-corrected chi connectivity index (χ1v) is 5.05. The van der Waals surface area contributed by atoms with Gasteiger partial charge < -0.3 is 0 Å². The minimum atomic E-state index is -3.08. The molecule has 0 aliphatic heterocycles. The van der Waals surface area contributed by atoms with E-state index in [1.807, 2.05) is 0 Å². The molecular weight excluding hydrogens is 160 g/mol. The van der Waals surface area contributed by atoms with E-state index >= 15 is 0 Å². The molecule has 0 rings (SSSR count). The zero-order chi connectivity index (χ0) is 9.07. The molecule has 0 aromatic heterocycles. The van der Waals surface area contributed by atoms with Gasteiger partial charge in [-0.1, -0.05) is 12.2 Å². The molecule has 11 heavy (non-hydrogen) atoms. The Bertz CT molecular complexity index is 219. The van der Waals surface area contributed by atoms with Crippen molar-refractivity contribution in [3.05, 3.63) is 25.3 Å². The first-order valence-electron chi connectivity index (χ1n) is 3.44. The molecular formula is C8H14O2S. The largest absolute Gasteiger partial charge is 0.228 e. The van der Waals surface area contributed by atoms with Gasteiger partial charge in [-0.15, -0.1) is 13.2 Å². The van der Waals surface area contributed by atoms with E-state index in [2.05, 4.69) is 13.2 Å². The van der Waals surface area contributed by atoms with E-state index in [9.17, 15) is 8.42 Å². The third kappa shape index (κ3) is 2.19. The van der Waals surface area contributed by atoms with Crippen molar-refractivity contribution in [3.8, 4) is 0 Å². The maximum atomic E-state index is 11.4. The Morgan fingerprint density at radius 3 is 1.55 bits per heavy atom. The van der Waals surface area contributed by atoms with Crippen molar-refractivity contribution in [2.75, 3.05) is 0 Å². The third-order valence-electron chi connectivity index (χ3n) is 1.70. The lowest BCUT2D eigenvalue weighted by atomic mass is 10.5. The van der Waals surface area contributed by atoms with E-state index in [-0.39, 0.29) is 0 Å². The quantitative estimate of drug-likeness (QED) is 0.606. The van der Waals surface area contributed by atoms with Crippen LogP contribution in [0, 0.1) is 0 Å². The first kappa shape index (κ1) is 10.4. The SMILES string of the molecule is C=CC(C)S(=O)(=O)C(C)C=C. The molecule has 2 nitrogen and oxygen atoms in total. The monoisotopic (exact) mass is 174 g/mol. The van der Waals surface area contributed by atoms with Crippen LogP contribution in [0.25, 0.3) is 0 Å². The Labute approximate surface area is 68.5 Å². The van der Waals surface area contributed by atoms with E-state index in [0.717, 1.165) is 0 Å². The molecule has 0 saturated heterocycles. The molecule has 0 N–H and O–H groups in total. The van der Waals surface area contributed by atoms with Gasteiger partial charge in [-0.25, -0.2) is 8.42 Å². The van der Waals surface area contributed by atoms with Crippen LogP contribution >= 0.6 is 0 Å². The molecule has 0 bridgehead atoms. The van der Waals surface area contributed by atoms with E-state index < -0.39 is 20.3 Å². The van der Waals surface area contributed by atoms with Gasteiger partial charge in [-0.2, -0.15) is 0 Å². The summed E-state index contributed by atoms with van der Waals surface area (Å²) in [7, 11) is -3.08. The molecule has 2 unspecified atom stereocenters. The number of rotatable bonds is 4. The highest BCUT2D eigenvalue weighted by atomic mass is 32.2. The van der Waals surface area contributed by atoms with Crippen molar-refractivity contribution in [1.82, 2.24) is 0 Å². The van der Waals surface area contributed by atoms with Crippen LogP contribution in [0.5, 0.6) is 0 Å². The van der Waals surface area contributed by atoms with Gasteiger partial charge in [0.1, 0.15) is 0 Å². The molecule has 0 aromatic carbocycles. The van der Waals surface area contributed by atoms with Gasteiger partial charge in [-0.3, -0.25) is 0 Å². The third-order valence-corrected chi connectivity index (χ3v) is 4.16. The van der Waals surface area contributed by atoms with Crippen LogP contribution in [0.2, 0.25) is 0 Å². The lowest BCUT2D eigenvalue weighted by molar-refractivity contribution is 0.586. The maximum Gasteiger partial charge on any atom is 0.162 e. The molecule has 0 fully saturated rings. The summed E-state index contributed by atoms with van der Waals surface area (Å²) in [4.78, 5) is 0. The summed E-state index contributed by atoms with van der Waals surface area (Å²) in [6.07, 6.45) is 2.85. The smallest absolute Gasteiger partial charge is 0.162 e.